The average Bonchev–Trinajstić information content (AvgIpc) is 2.95. The van der Waals surface area contributed by atoms with E-state index in [-0.39, 0.29) is 11.5 Å². The summed E-state index contributed by atoms with van der Waals surface area (Å²) in [6, 6.07) is 1.56. The molecule has 108 valence electrons. The van der Waals surface area contributed by atoms with Gasteiger partial charge in [-0.1, -0.05) is 13.8 Å². The molecule has 1 fully saturated rings. The van der Waals surface area contributed by atoms with Crippen LogP contribution in [0.3, 0.4) is 0 Å². The Labute approximate surface area is 126 Å². The molecule has 0 saturated carbocycles. The molecule has 2 heterocycles. The summed E-state index contributed by atoms with van der Waals surface area (Å²) in [5, 5.41) is 9.10. The second-order valence-electron chi connectivity index (χ2n) is 5.16. The Morgan fingerprint density at radius 3 is 2.74 bits per heavy atom. The zero-order valence-corrected chi connectivity index (χ0v) is 14.2. The topological polar surface area (TPSA) is 57.6 Å². The van der Waals surface area contributed by atoms with Gasteiger partial charge < -0.3 is 5.11 Å². The maximum atomic E-state index is 12.6. The molecular weight excluding hydrogens is 350 g/mol. The van der Waals surface area contributed by atoms with E-state index < -0.39 is 10.0 Å². The number of nitrogens with zero attached hydrogens (tertiary/aromatic N) is 1. The predicted octanol–water partition coefficient (Wildman–Crippen LogP) is 2.67. The maximum absolute atomic E-state index is 12.6. The smallest absolute Gasteiger partial charge is 0.245 e. The molecule has 0 radical (unpaired) electrons. The molecule has 1 saturated heterocycles. The van der Waals surface area contributed by atoms with E-state index in [1.54, 1.807) is 10.4 Å². The first kappa shape index (κ1) is 15.4. The van der Waals surface area contributed by atoms with E-state index >= 15 is 0 Å². The van der Waals surface area contributed by atoms with Crippen LogP contribution in [0.25, 0.3) is 0 Å². The molecule has 1 aromatic rings. The van der Waals surface area contributed by atoms with E-state index in [0.717, 1.165) is 6.42 Å². The maximum Gasteiger partial charge on any atom is 0.245 e. The third kappa shape index (κ3) is 3.05. The van der Waals surface area contributed by atoms with Gasteiger partial charge in [0.15, 0.2) is 0 Å². The van der Waals surface area contributed by atoms with Crippen molar-refractivity contribution >= 4 is 37.3 Å². The molecule has 1 aliphatic heterocycles. The van der Waals surface area contributed by atoms with E-state index in [1.807, 2.05) is 0 Å². The minimum absolute atomic E-state index is 0.132. The zero-order chi connectivity index (χ0) is 14.2. The van der Waals surface area contributed by atoms with Gasteiger partial charge in [0.1, 0.15) is 4.90 Å². The van der Waals surface area contributed by atoms with Crippen molar-refractivity contribution in [3.63, 3.8) is 0 Å². The molecule has 0 bridgehead atoms. The number of sulfonamides is 1. The largest absolute Gasteiger partial charge is 0.391 e. The molecule has 7 heteroatoms. The summed E-state index contributed by atoms with van der Waals surface area (Å²) in [6.07, 6.45) is 0.922. The summed E-state index contributed by atoms with van der Waals surface area (Å²) in [4.78, 5) is 0.941. The lowest BCUT2D eigenvalue weighted by molar-refractivity contribution is 0.285. The second kappa shape index (κ2) is 5.81. The van der Waals surface area contributed by atoms with Crippen molar-refractivity contribution < 1.29 is 13.5 Å². The van der Waals surface area contributed by atoms with Gasteiger partial charge in [-0.2, -0.15) is 4.31 Å². The number of thiophene rings is 1. The van der Waals surface area contributed by atoms with Crippen LogP contribution in [0.5, 0.6) is 0 Å². The van der Waals surface area contributed by atoms with E-state index in [1.165, 1.54) is 11.3 Å². The third-order valence-corrected chi connectivity index (χ3v) is 7.71. The van der Waals surface area contributed by atoms with Crippen LogP contribution in [0.1, 0.15) is 25.1 Å². The first-order chi connectivity index (χ1) is 8.86. The Morgan fingerprint density at radius 1 is 1.58 bits per heavy atom. The summed E-state index contributed by atoms with van der Waals surface area (Å²) in [7, 11) is -3.44. The fraction of sp³-hybridized carbons (Fsp3) is 0.667. The van der Waals surface area contributed by atoms with Crippen molar-refractivity contribution in [1.29, 1.82) is 0 Å². The van der Waals surface area contributed by atoms with Gasteiger partial charge in [-0.05, 0) is 40.3 Å². The minimum Gasteiger partial charge on any atom is -0.391 e. The molecule has 4 nitrogen and oxygen atoms in total. The molecule has 0 amide bonds. The van der Waals surface area contributed by atoms with E-state index in [0.29, 0.717) is 33.6 Å². The quantitative estimate of drug-likeness (QED) is 0.889. The summed E-state index contributed by atoms with van der Waals surface area (Å²) < 4.78 is 27.3. The van der Waals surface area contributed by atoms with Crippen molar-refractivity contribution in [2.45, 2.75) is 31.8 Å². The van der Waals surface area contributed by atoms with Crippen molar-refractivity contribution in [2.24, 2.45) is 11.8 Å². The lowest BCUT2D eigenvalue weighted by Crippen LogP contribution is -2.29. The Balaban J connectivity index is 2.26. The number of hydrogen-bond acceptors (Lipinski definition) is 4. The Morgan fingerprint density at radius 2 is 2.26 bits per heavy atom. The van der Waals surface area contributed by atoms with Crippen molar-refractivity contribution in [1.82, 2.24) is 4.31 Å². The number of aliphatic hydroxyl groups is 1. The molecule has 1 aromatic heterocycles. The standard InChI is InChI=1S/C12H18BrNO3S2/c1-8(2)9-3-4-14(6-9)19(16,17)11-5-10(7-15)18-12(11)13/h5,8-9,15H,3-4,6-7H2,1-2H3. The number of halogens is 1. The van der Waals surface area contributed by atoms with Crippen LogP contribution >= 0.6 is 27.3 Å². The summed E-state index contributed by atoms with van der Waals surface area (Å²) in [5.41, 5.74) is 0. The lowest BCUT2D eigenvalue weighted by atomic mass is 9.96. The first-order valence-corrected chi connectivity index (χ1v) is 9.30. The van der Waals surface area contributed by atoms with Crippen LogP contribution in [0, 0.1) is 11.8 Å². The van der Waals surface area contributed by atoms with E-state index in [9.17, 15) is 8.42 Å². The van der Waals surface area contributed by atoms with Crippen molar-refractivity contribution in [3.05, 3.63) is 14.7 Å². The van der Waals surface area contributed by atoms with Crippen LogP contribution in [0.2, 0.25) is 0 Å². The van der Waals surface area contributed by atoms with Crippen LogP contribution in [0.4, 0.5) is 0 Å². The summed E-state index contributed by atoms with van der Waals surface area (Å²) >= 11 is 4.55. The molecule has 2 rings (SSSR count). The van der Waals surface area contributed by atoms with Gasteiger partial charge >= 0.3 is 0 Å². The zero-order valence-electron chi connectivity index (χ0n) is 11.0. The third-order valence-electron chi connectivity index (χ3n) is 3.61. The van der Waals surface area contributed by atoms with Crippen molar-refractivity contribution in [2.75, 3.05) is 13.1 Å². The van der Waals surface area contributed by atoms with Gasteiger partial charge in [-0.3, -0.25) is 0 Å². The normalized spacial score (nSPS) is 21.4. The number of aliphatic hydroxyl groups excluding tert-OH is 1. The number of rotatable bonds is 4. The Kier molecular flexibility index (Phi) is 4.72. The fourth-order valence-corrected chi connectivity index (χ4v) is 6.31. The second-order valence-corrected chi connectivity index (χ2v) is 9.53. The Hall–Kier alpha value is 0.0500. The van der Waals surface area contributed by atoms with Gasteiger partial charge in [0.25, 0.3) is 0 Å². The van der Waals surface area contributed by atoms with Crippen LogP contribution in [-0.4, -0.2) is 30.9 Å². The molecule has 0 aliphatic carbocycles. The monoisotopic (exact) mass is 367 g/mol. The number of hydrogen-bond donors (Lipinski definition) is 1. The molecular formula is C12H18BrNO3S2. The van der Waals surface area contributed by atoms with Gasteiger partial charge in [0.2, 0.25) is 10.0 Å². The fourth-order valence-electron chi connectivity index (χ4n) is 2.31. The highest BCUT2D eigenvalue weighted by Crippen LogP contribution is 2.36. The van der Waals surface area contributed by atoms with Crippen LogP contribution in [-0.2, 0) is 16.6 Å². The van der Waals surface area contributed by atoms with Crippen LogP contribution < -0.4 is 0 Å². The summed E-state index contributed by atoms with van der Waals surface area (Å²) in [6.45, 7) is 5.31. The van der Waals surface area contributed by atoms with Gasteiger partial charge in [-0.25, -0.2) is 8.42 Å². The molecule has 0 aromatic carbocycles. The molecule has 1 aliphatic rings. The van der Waals surface area contributed by atoms with E-state index in [2.05, 4.69) is 29.8 Å². The molecule has 19 heavy (non-hydrogen) atoms. The SMILES string of the molecule is CC(C)C1CCN(S(=O)(=O)c2cc(CO)sc2Br)C1. The molecule has 1 N–H and O–H groups in total. The van der Waals surface area contributed by atoms with Gasteiger partial charge in [-0.15, -0.1) is 11.3 Å². The highest BCUT2D eigenvalue weighted by atomic mass is 79.9. The predicted molar refractivity (Wildman–Crippen MR) is 79.6 cm³/mol. The van der Waals surface area contributed by atoms with Gasteiger partial charge in [0, 0.05) is 18.0 Å². The lowest BCUT2D eigenvalue weighted by Gasteiger charge is -2.17. The first-order valence-electron chi connectivity index (χ1n) is 6.25. The van der Waals surface area contributed by atoms with Crippen LogP contribution in [0.15, 0.2) is 14.7 Å². The van der Waals surface area contributed by atoms with Gasteiger partial charge in [0.05, 0.1) is 10.4 Å². The highest BCUT2D eigenvalue weighted by molar-refractivity contribution is 9.11. The average molecular weight is 368 g/mol. The minimum atomic E-state index is -3.44. The van der Waals surface area contributed by atoms with Crippen molar-refractivity contribution in [3.8, 4) is 0 Å². The molecule has 1 unspecified atom stereocenters. The molecule has 0 spiro atoms. The Bertz CT molecular complexity index is 553. The summed E-state index contributed by atoms with van der Waals surface area (Å²) in [5.74, 6) is 0.934. The highest BCUT2D eigenvalue weighted by Gasteiger charge is 2.35. The molecule has 1 atom stereocenters. The van der Waals surface area contributed by atoms with E-state index in [4.69, 9.17) is 5.11 Å².